The van der Waals surface area contributed by atoms with Crippen LogP contribution >= 0.6 is 0 Å². The highest BCUT2D eigenvalue weighted by molar-refractivity contribution is 5.77. The van der Waals surface area contributed by atoms with Gasteiger partial charge < -0.3 is 10.4 Å². The third kappa shape index (κ3) is 4.07. The molecule has 0 aromatic carbocycles. The van der Waals surface area contributed by atoms with Crippen LogP contribution in [0.2, 0.25) is 0 Å². The van der Waals surface area contributed by atoms with Gasteiger partial charge in [0.25, 0.3) is 0 Å². The van der Waals surface area contributed by atoms with Crippen molar-refractivity contribution in [2.75, 3.05) is 0 Å². The number of aliphatic carboxylic acids is 1. The van der Waals surface area contributed by atoms with Crippen LogP contribution in [0.15, 0.2) is 12.4 Å². The molecule has 0 spiro atoms. The fourth-order valence-electron chi connectivity index (χ4n) is 1.30. The molecule has 7 nitrogen and oxygen atoms in total. The van der Waals surface area contributed by atoms with Crippen molar-refractivity contribution in [3.63, 3.8) is 0 Å². The van der Waals surface area contributed by atoms with E-state index in [-0.39, 0.29) is 18.9 Å². The first-order chi connectivity index (χ1) is 7.39. The Kier molecular flexibility index (Phi) is 3.60. The van der Waals surface area contributed by atoms with Gasteiger partial charge in [0.1, 0.15) is 6.54 Å². The molecule has 0 saturated carbocycles. The van der Waals surface area contributed by atoms with E-state index in [0.29, 0.717) is 0 Å². The number of carbonyl (C=O) groups excluding carboxylic acids is 1. The largest absolute Gasteiger partial charge is 0.481 e. The van der Waals surface area contributed by atoms with Crippen LogP contribution in [0.3, 0.4) is 0 Å². The van der Waals surface area contributed by atoms with E-state index in [1.165, 1.54) is 10.9 Å². The summed E-state index contributed by atoms with van der Waals surface area (Å²) in [5.74, 6) is -1.25. The monoisotopic (exact) mass is 226 g/mol. The van der Waals surface area contributed by atoms with E-state index in [2.05, 4.69) is 15.6 Å². The molecule has 1 rings (SSSR count). The molecule has 16 heavy (non-hydrogen) atoms. The van der Waals surface area contributed by atoms with Crippen molar-refractivity contribution < 1.29 is 14.7 Å². The third-order valence-electron chi connectivity index (χ3n) is 1.85. The van der Waals surface area contributed by atoms with E-state index < -0.39 is 11.5 Å². The van der Waals surface area contributed by atoms with Crippen LogP contribution in [0.5, 0.6) is 0 Å². The summed E-state index contributed by atoms with van der Waals surface area (Å²) in [5, 5.41) is 18.5. The molecule has 0 unspecified atom stereocenters. The summed E-state index contributed by atoms with van der Waals surface area (Å²) in [6.07, 6.45) is 2.90. The predicted molar refractivity (Wildman–Crippen MR) is 54.5 cm³/mol. The van der Waals surface area contributed by atoms with Crippen molar-refractivity contribution >= 4 is 11.9 Å². The summed E-state index contributed by atoms with van der Waals surface area (Å²) < 4.78 is 1.37. The van der Waals surface area contributed by atoms with Crippen molar-refractivity contribution in [3.05, 3.63) is 12.4 Å². The third-order valence-corrected chi connectivity index (χ3v) is 1.85. The Morgan fingerprint density at radius 1 is 1.50 bits per heavy atom. The topological polar surface area (TPSA) is 97.1 Å². The number of carbonyl (C=O) groups is 2. The number of rotatable bonds is 5. The fourth-order valence-corrected chi connectivity index (χ4v) is 1.30. The molecule has 0 saturated heterocycles. The molecule has 0 atom stereocenters. The lowest BCUT2D eigenvalue weighted by Gasteiger charge is -2.24. The molecule has 0 aliphatic heterocycles. The molecule has 1 aromatic rings. The first-order valence-corrected chi connectivity index (χ1v) is 4.76. The molecule has 0 radical (unpaired) electrons. The van der Waals surface area contributed by atoms with Gasteiger partial charge >= 0.3 is 5.97 Å². The average molecular weight is 226 g/mol. The van der Waals surface area contributed by atoms with Crippen LogP contribution in [0.25, 0.3) is 0 Å². The van der Waals surface area contributed by atoms with Crippen LogP contribution in [0, 0.1) is 0 Å². The standard InChI is InChI=1S/C9H14N4O3/c1-9(2,5-8(15)16)11-7(14)6-13-4-3-10-12-13/h3-4H,5-6H2,1-2H3,(H,11,14)(H,15,16). The van der Waals surface area contributed by atoms with Crippen molar-refractivity contribution in [2.45, 2.75) is 32.4 Å². The molecule has 0 bridgehead atoms. The number of nitrogens with one attached hydrogen (secondary N) is 1. The number of hydrogen-bond donors (Lipinski definition) is 2. The Balaban J connectivity index is 2.47. The molecule has 0 fully saturated rings. The van der Waals surface area contributed by atoms with Crippen molar-refractivity contribution in [2.24, 2.45) is 0 Å². The zero-order valence-corrected chi connectivity index (χ0v) is 9.17. The van der Waals surface area contributed by atoms with Gasteiger partial charge in [-0.2, -0.15) is 0 Å². The summed E-state index contributed by atoms with van der Waals surface area (Å²) in [7, 11) is 0. The van der Waals surface area contributed by atoms with Gasteiger partial charge in [-0.05, 0) is 13.8 Å². The van der Waals surface area contributed by atoms with Crippen molar-refractivity contribution in [1.29, 1.82) is 0 Å². The summed E-state index contributed by atoms with van der Waals surface area (Å²) >= 11 is 0. The van der Waals surface area contributed by atoms with Gasteiger partial charge in [-0.3, -0.25) is 9.59 Å². The molecule has 7 heteroatoms. The number of nitrogens with zero attached hydrogens (tertiary/aromatic N) is 3. The second-order valence-electron chi connectivity index (χ2n) is 4.10. The molecule has 88 valence electrons. The molecular weight excluding hydrogens is 212 g/mol. The zero-order chi connectivity index (χ0) is 12.2. The van der Waals surface area contributed by atoms with E-state index in [9.17, 15) is 9.59 Å². The molecule has 2 N–H and O–H groups in total. The van der Waals surface area contributed by atoms with Crippen LogP contribution < -0.4 is 5.32 Å². The van der Waals surface area contributed by atoms with Gasteiger partial charge in [0.05, 0.1) is 12.6 Å². The summed E-state index contributed by atoms with van der Waals surface area (Å²) in [6.45, 7) is 3.34. The van der Waals surface area contributed by atoms with Gasteiger partial charge in [0.15, 0.2) is 0 Å². The van der Waals surface area contributed by atoms with E-state index in [4.69, 9.17) is 5.11 Å². The lowest BCUT2D eigenvalue weighted by molar-refractivity contribution is -0.138. The summed E-state index contributed by atoms with van der Waals surface area (Å²) in [6, 6.07) is 0. The van der Waals surface area contributed by atoms with Crippen molar-refractivity contribution in [1.82, 2.24) is 20.3 Å². The van der Waals surface area contributed by atoms with E-state index in [0.717, 1.165) is 0 Å². The highest BCUT2D eigenvalue weighted by Gasteiger charge is 2.23. The van der Waals surface area contributed by atoms with Crippen LogP contribution in [0.1, 0.15) is 20.3 Å². The number of amides is 1. The van der Waals surface area contributed by atoms with Gasteiger partial charge in [0, 0.05) is 11.7 Å². The Morgan fingerprint density at radius 3 is 2.69 bits per heavy atom. The predicted octanol–water partition coefficient (Wildman–Crippen LogP) is -0.352. The molecule has 1 amide bonds. The summed E-state index contributed by atoms with van der Waals surface area (Å²) in [4.78, 5) is 22.0. The van der Waals surface area contributed by atoms with Crippen LogP contribution in [-0.2, 0) is 16.1 Å². The average Bonchev–Trinajstić information content (AvgIpc) is 2.51. The van der Waals surface area contributed by atoms with Gasteiger partial charge in [-0.15, -0.1) is 5.10 Å². The highest BCUT2D eigenvalue weighted by Crippen LogP contribution is 2.07. The maximum absolute atomic E-state index is 11.5. The van der Waals surface area contributed by atoms with Crippen LogP contribution in [0.4, 0.5) is 0 Å². The normalized spacial score (nSPS) is 11.1. The van der Waals surface area contributed by atoms with E-state index in [1.807, 2.05) is 0 Å². The minimum atomic E-state index is -0.953. The molecule has 0 aliphatic carbocycles. The van der Waals surface area contributed by atoms with Gasteiger partial charge in [-0.1, -0.05) is 5.21 Å². The Bertz CT molecular complexity index is 372. The first kappa shape index (κ1) is 12.2. The summed E-state index contributed by atoms with van der Waals surface area (Å²) in [5.41, 5.74) is -0.774. The zero-order valence-electron chi connectivity index (χ0n) is 9.17. The Labute approximate surface area is 92.4 Å². The Hall–Kier alpha value is -1.92. The number of hydrogen-bond acceptors (Lipinski definition) is 4. The number of carboxylic acids is 1. The minimum absolute atomic E-state index is 0.0308. The highest BCUT2D eigenvalue weighted by atomic mass is 16.4. The lowest BCUT2D eigenvalue weighted by Crippen LogP contribution is -2.46. The maximum Gasteiger partial charge on any atom is 0.305 e. The molecular formula is C9H14N4O3. The maximum atomic E-state index is 11.5. The van der Waals surface area contributed by atoms with Gasteiger partial charge in [0.2, 0.25) is 5.91 Å². The Morgan fingerprint density at radius 2 is 2.19 bits per heavy atom. The fraction of sp³-hybridized carbons (Fsp3) is 0.556. The smallest absolute Gasteiger partial charge is 0.305 e. The number of aromatic nitrogens is 3. The minimum Gasteiger partial charge on any atom is -0.481 e. The molecule has 0 aliphatic rings. The van der Waals surface area contributed by atoms with Gasteiger partial charge in [-0.25, -0.2) is 4.68 Å². The second kappa shape index (κ2) is 4.73. The van der Waals surface area contributed by atoms with E-state index >= 15 is 0 Å². The number of carboxylic acid groups (broad SMARTS) is 1. The first-order valence-electron chi connectivity index (χ1n) is 4.76. The SMILES string of the molecule is CC(C)(CC(=O)O)NC(=O)Cn1ccnn1. The quantitative estimate of drug-likeness (QED) is 0.715. The second-order valence-corrected chi connectivity index (χ2v) is 4.10. The molecule has 1 aromatic heterocycles. The molecule has 1 heterocycles. The van der Waals surface area contributed by atoms with Crippen LogP contribution in [-0.4, -0.2) is 37.5 Å². The van der Waals surface area contributed by atoms with Crippen molar-refractivity contribution in [3.8, 4) is 0 Å². The van der Waals surface area contributed by atoms with E-state index in [1.54, 1.807) is 20.0 Å². The lowest BCUT2D eigenvalue weighted by atomic mass is 10.0.